The third-order valence-electron chi connectivity index (χ3n) is 4.72. The van der Waals surface area contributed by atoms with E-state index in [0.717, 1.165) is 35.0 Å². The Morgan fingerprint density at radius 2 is 2.12 bits per heavy atom. The minimum Gasteiger partial charge on any atom is -0.301 e. The molecule has 1 aliphatic rings. The van der Waals surface area contributed by atoms with E-state index in [4.69, 9.17) is 0 Å². The summed E-state index contributed by atoms with van der Waals surface area (Å²) in [4.78, 5) is 34.3. The number of rotatable bonds is 4. The average molecular weight is 370 g/mol. The van der Waals surface area contributed by atoms with Crippen molar-refractivity contribution >= 4 is 39.1 Å². The lowest BCUT2D eigenvalue weighted by Crippen LogP contribution is -2.10. The van der Waals surface area contributed by atoms with Gasteiger partial charge in [-0.05, 0) is 55.9 Å². The summed E-state index contributed by atoms with van der Waals surface area (Å²) in [5.41, 5.74) is 4.08. The zero-order valence-electron chi connectivity index (χ0n) is 14.1. The van der Waals surface area contributed by atoms with Crippen LogP contribution in [0.25, 0.3) is 10.2 Å². The van der Waals surface area contributed by atoms with Crippen LogP contribution >= 0.6 is 23.1 Å². The van der Waals surface area contributed by atoms with Crippen molar-refractivity contribution in [2.45, 2.75) is 38.3 Å². The summed E-state index contributed by atoms with van der Waals surface area (Å²) in [6.07, 6.45) is 3.14. The maximum Gasteiger partial charge on any atom is 0.260 e. The number of H-pyrrole nitrogens is 1. The molecule has 0 unspecified atom stereocenters. The summed E-state index contributed by atoms with van der Waals surface area (Å²) in [5.74, 6) is 0.312. The molecule has 1 aromatic carbocycles. The van der Waals surface area contributed by atoms with Gasteiger partial charge in [-0.15, -0.1) is 11.3 Å². The SMILES string of the molecule is Cc1ccc(C(=O)CSc2nc3sc4c(c3c(=O)[nH]2)CCC4)cc1C. The number of ketones is 1. The number of aromatic nitrogens is 2. The Morgan fingerprint density at radius 1 is 1.28 bits per heavy atom. The molecule has 25 heavy (non-hydrogen) atoms. The van der Waals surface area contributed by atoms with Crippen LogP contribution in [-0.4, -0.2) is 21.5 Å². The highest BCUT2D eigenvalue weighted by atomic mass is 32.2. The zero-order valence-corrected chi connectivity index (χ0v) is 15.8. The van der Waals surface area contributed by atoms with Crippen molar-refractivity contribution in [2.75, 3.05) is 5.75 Å². The molecule has 2 aromatic heterocycles. The fraction of sp³-hybridized carbons (Fsp3) is 0.316. The molecule has 0 bridgehead atoms. The third kappa shape index (κ3) is 3.04. The van der Waals surface area contributed by atoms with Crippen molar-refractivity contribution in [3.63, 3.8) is 0 Å². The molecule has 2 heterocycles. The van der Waals surface area contributed by atoms with E-state index in [1.165, 1.54) is 27.8 Å². The first kappa shape index (κ1) is 16.5. The van der Waals surface area contributed by atoms with E-state index in [1.54, 1.807) is 11.3 Å². The number of Topliss-reactive ketones (excluding diaryl/α,β-unsaturated/α-hetero) is 1. The summed E-state index contributed by atoms with van der Waals surface area (Å²) >= 11 is 2.91. The van der Waals surface area contributed by atoms with Crippen molar-refractivity contribution in [3.05, 3.63) is 55.7 Å². The number of hydrogen-bond acceptors (Lipinski definition) is 5. The van der Waals surface area contributed by atoms with Crippen LogP contribution in [0.4, 0.5) is 0 Å². The maximum atomic E-state index is 12.4. The van der Waals surface area contributed by atoms with E-state index >= 15 is 0 Å². The van der Waals surface area contributed by atoms with E-state index in [1.807, 2.05) is 32.0 Å². The molecule has 0 spiro atoms. The maximum absolute atomic E-state index is 12.4. The van der Waals surface area contributed by atoms with Gasteiger partial charge in [-0.2, -0.15) is 0 Å². The predicted molar refractivity (Wildman–Crippen MR) is 103 cm³/mol. The van der Waals surface area contributed by atoms with Crippen molar-refractivity contribution in [1.29, 1.82) is 0 Å². The van der Waals surface area contributed by atoms with Crippen LogP contribution in [0.3, 0.4) is 0 Å². The minimum absolute atomic E-state index is 0.0459. The van der Waals surface area contributed by atoms with E-state index in [0.29, 0.717) is 10.7 Å². The van der Waals surface area contributed by atoms with Gasteiger partial charge in [0.1, 0.15) is 4.83 Å². The number of thiophene rings is 1. The lowest BCUT2D eigenvalue weighted by Gasteiger charge is -2.05. The first-order valence-corrected chi connectivity index (χ1v) is 10.1. The van der Waals surface area contributed by atoms with Gasteiger partial charge < -0.3 is 4.98 Å². The van der Waals surface area contributed by atoms with Gasteiger partial charge in [-0.1, -0.05) is 23.9 Å². The van der Waals surface area contributed by atoms with E-state index in [9.17, 15) is 9.59 Å². The fourth-order valence-electron chi connectivity index (χ4n) is 3.18. The quantitative estimate of drug-likeness (QED) is 0.427. The first-order valence-electron chi connectivity index (χ1n) is 8.31. The minimum atomic E-state index is -0.0782. The highest BCUT2D eigenvalue weighted by molar-refractivity contribution is 7.99. The van der Waals surface area contributed by atoms with Gasteiger partial charge >= 0.3 is 0 Å². The number of carbonyl (C=O) groups excluding carboxylic acids is 1. The van der Waals surface area contributed by atoms with Gasteiger partial charge in [-0.3, -0.25) is 9.59 Å². The summed E-state index contributed by atoms with van der Waals surface area (Å²) in [6, 6.07) is 5.74. The van der Waals surface area contributed by atoms with E-state index in [2.05, 4.69) is 9.97 Å². The molecule has 0 amide bonds. The largest absolute Gasteiger partial charge is 0.301 e. The summed E-state index contributed by atoms with van der Waals surface area (Å²) in [6.45, 7) is 4.03. The van der Waals surface area contributed by atoms with Crippen LogP contribution in [0.1, 0.15) is 38.3 Å². The van der Waals surface area contributed by atoms with Gasteiger partial charge in [-0.25, -0.2) is 4.98 Å². The Bertz CT molecular complexity index is 1050. The molecule has 0 saturated carbocycles. The first-order chi connectivity index (χ1) is 12.0. The second-order valence-corrected chi connectivity index (χ2v) is 8.47. The Labute approximate surface area is 153 Å². The van der Waals surface area contributed by atoms with Crippen molar-refractivity contribution in [2.24, 2.45) is 0 Å². The van der Waals surface area contributed by atoms with Crippen LogP contribution in [-0.2, 0) is 12.8 Å². The molecular weight excluding hydrogens is 352 g/mol. The Kier molecular flexibility index (Phi) is 4.25. The van der Waals surface area contributed by atoms with Crippen LogP contribution in [0.5, 0.6) is 0 Å². The van der Waals surface area contributed by atoms with Gasteiger partial charge in [0.25, 0.3) is 5.56 Å². The van der Waals surface area contributed by atoms with Crippen LogP contribution in [0.15, 0.2) is 28.2 Å². The number of thioether (sulfide) groups is 1. The molecule has 1 aliphatic carbocycles. The monoisotopic (exact) mass is 370 g/mol. The molecule has 0 fully saturated rings. The Morgan fingerprint density at radius 3 is 2.92 bits per heavy atom. The fourth-order valence-corrected chi connectivity index (χ4v) is 5.26. The number of carbonyl (C=O) groups is 1. The third-order valence-corrected chi connectivity index (χ3v) is 6.78. The van der Waals surface area contributed by atoms with Gasteiger partial charge in [0.2, 0.25) is 0 Å². The normalized spacial score (nSPS) is 13.4. The van der Waals surface area contributed by atoms with E-state index in [-0.39, 0.29) is 17.1 Å². The number of benzene rings is 1. The molecule has 6 heteroatoms. The average Bonchev–Trinajstić information content (AvgIpc) is 3.15. The van der Waals surface area contributed by atoms with E-state index < -0.39 is 0 Å². The van der Waals surface area contributed by atoms with Gasteiger partial charge in [0.05, 0.1) is 11.1 Å². The number of hydrogen-bond donors (Lipinski definition) is 1. The molecule has 0 radical (unpaired) electrons. The topological polar surface area (TPSA) is 62.8 Å². The molecule has 3 aromatic rings. The van der Waals surface area contributed by atoms with Crippen LogP contribution in [0.2, 0.25) is 0 Å². The number of nitrogens with zero attached hydrogens (tertiary/aromatic N) is 1. The lowest BCUT2D eigenvalue weighted by atomic mass is 10.0. The summed E-state index contributed by atoms with van der Waals surface area (Å²) < 4.78 is 0. The molecule has 128 valence electrons. The molecule has 1 N–H and O–H groups in total. The molecule has 0 aliphatic heterocycles. The molecule has 4 nitrogen and oxygen atoms in total. The number of aryl methyl sites for hydroxylation is 4. The number of aromatic amines is 1. The van der Waals surface area contributed by atoms with Crippen molar-refractivity contribution < 1.29 is 4.79 Å². The van der Waals surface area contributed by atoms with Gasteiger partial charge in [0.15, 0.2) is 10.9 Å². The zero-order chi connectivity index (χ0) is 17.6. The van der Waals surface area contributed by atoms with Gasteiger partial charge in [0, 0.05) is 10.4 Å². The molecular formula is C19H18N2O2S2. The van der Waals surface area contributed by atoms with Crippen molar-refractivity contribution in [1.82, 2.24) is 9.97 Å². The Balaban J connectivity index is 1.56. The second-order valence-electron chi connectivity index (χ2n) is 6.42. The highest BCUT2D eigenvalue weighted by Crippen LogP contribution is 2.35. The lowest BCUT2D eigenvalue weighted by molar-refractivity contribution is 0.102. The molecule has 4 rings (SSSR count). The highest BCUT2D eigenvalue weighted by Gasteiger charge is 2.21. The molecule has 0 atom stereocenters. The van der Waals surface area contributed by atoms with Crippen molar-refractivity contribution in [3.8, 4) is 0 Å². The number of nitrogens with one attached hydrogen (secondary N) is 1. The summed E-state index contributed by atoms with van der Waals surface area (Å²) in [5, 5.41) is 1.27. The Hall–Kier alpha value is -1.92. The van der Waals surface area contributed by atoms with Crippen LogP contribution < -0.4 is 5.56 Å². The standard InChI is InChI=1S/C19H18N2O2S2/c1-10-6-7-12(8-11(10)2)14(22)9-24-19-20-17(23)16-13-4-3-5-15(13)25-18(16)21-19/h6-8H,3-5,9H2,1-2H3,(H,20,21,23). The predicted octanol–water partition coefficient (Wildman–Crippen LogP) is 4.07. The van der Waals surface area contributed by atoms with Crippen LogP contribution in [0, 0.1) is 13.8 Å². The second kappa shape index (κ2) is 6.42. The smallest absolute Gasteiger partial charge is 0.260 e. The summed E-state index contributed by atoms with van der Waals surface area (Å²) in [7, 11) is 0. The number of fused-ring (bicyclic) bond motifs is 3. The molecule has 0 saturated heterocycles.